The molecule has 47 heavy (non-hydrogen) atoms. The second kappa shape index (κ2) is 14.3. The molecule has 5 atom stereocenters. The second-order valence-electron chi connectivity index (χ2n) is 16.8. The van der Waals surface area contributed by atoms with Gasteiger partial charge in [-0.1, -0.05) is 26.8 Å². The van der Waals surface area contributed by atoms with Gasteiger partial charge in [-0.05, 0) is 130 Å². The van der Waals surface area contributed by atoms with E-state index in [2.05, 4.69) is 71.9 Å². The maximum atomic E-state index is 9.84. The predicted molar refractivity (Wildman–Crippen MR) is 195 cm³/mol. The minimum atomic E-state index is -1.66. The average molecular weight is 676 g/mol. The van der Waals surface area contributed by atoms with Gasteiger partial charge in [0.05, 0.1) is 6.20 Å². The molecule has 5 fully saturated rings. The number of pyridine rings is 1. The summed E-state index contributed by atoms with van der Waals surface area (Å²) in [6.45, 7) is 15.4. The first kappa shape index (κ1) is 34.7. The van der Waals surface area contributed by atoms with Crippen molar-refractivity contribution in [2.45, 2.75) is 114 Å². The van der Waals surface area contributed by atoms with Crippen LogP contribution in [0.3, 0.4) is 0 Å². The Morgan fingerprint density at radius 2 is 1.77 bits per heavy atom. The molecule has 0 saturated heterocycles. The van der Waals surface area contributed by atoms with Crippen LogP contribution in [0.1, 0.15) is 89.7 Å². The molecule has 2 aromatic heterocycles. The van der Waals surface area contributed by atoms with Gasteiger partial charge in [0, 0.05) is 37.5 Å². The van der Waals surface area contributed by atoms with Gasteiger partial charge in [-0.25, -0.2) is 9.97 Å². The Bertz CT molecular complexity index is 1400. The van der Waals surface area contributed by atoms with E-state index in [1.807, 2.05) is 18.5 Å². The summed E-state index contributed by atoms with van der Waals surface area (Å²) in [7, 11) is -1.66. The summed E-state index contributed by atoms with van der Waals surface area (Å²) in [4.78, 5) is 13.7. The molecule has 256 valence electrons. The molecule has 5 saturated carbocycles. The van der Waals surface area contributed by atoms with Crippen molar-refractivity contribution in [3.63, 3.8) is 0 Å². The van der Waals surface area contributed by atoms with E-state index in [1.54, 1.807) is 18.0 Å². The molecule has 0 aliphatic heterocycles. The van der Waals surface area contributed by atoms with Gasteiger partial charge in [0.1, 0.15) is 22.5 Å². The van der Waals surface area contributed by atoms with Crippen LogP contribution in [0.5, 0.6) is 0 Å². The highest BCUT2D eigenvalue weighted by molar-refractivity contribution is 7.98. The van der Waals surface area contributed by atoms with E-state index in [9.17, 15) is 5.26 Å². The lowest BCUT2D eigenvalue weighted by Crippen LogP contribution is -2.60. The number of hydrogen-bond acceptors (Lipinski definition) is 9. The molecule has 10 heteroatoms. The minimum Gasteiger partial charge on any atom is -0.417 e. The van der Waals surface area contributed by atoms with E-state index in [-0.39, 0.29) is 5.04 Å². The van der Waals surface area contributed by atoms with Crippen LogP contribution in [-0.4, -0.2) is 55.3 Å². The van der Waals surface area contributed by atoms with Crippen molar-refractivity contribution < 1.29 is 4.43 Å². The standard InChI is InChI=1S/C37H57N7OSSi/c1-36(2,3)47(5,6)45-23-26-11-9-25(10-12-26)20-40-32-29-14-27-15-30(32)18-37(16-27,17-29)24-43-33-31(19-38)22-42-35(44-33)41-21-28-8-7-13-39-34(28)46-4/h7-8,13,22,25-27,29-30,32,40H,9-12,14-18,20-21,23-24H2,1-6H3,(H2,41,42,43,44)/t25-,26-,27?,29-,30+,32-,37-. The molecule has 2 heterocycles. The Hall–Kier alpha value is -2.19. The zero-order chi connectivity index (χ0) is 33.2. The molecule has 5 aliphatic rings. The van der Waals surface area contributed by atoms with Gasteiger partial charge in [0.15, 0.2) is 8.32 Å². The molecule has 8 nitrogen and oxygen atoms in total. The van der Waals surface area contributed by atoms with Crippen molar-refractivity contribution in [1.82, 2.24) is 20.3 Å². The van der Waals surface area contributed by atoms with E-state index < -0.39 is 8.32 Å². The van der Waals surface area contributed by atoms with Crippen LogP contribution in [0.15, 0.2) is 29.6 Å². The number of nitrogens with one attached hydrogen (secondary N) is 3. The van der Waals surface area contributed by atoms with E-state index in [4.69, 9.17) is 9.41 Å². The van der Waals surface area contributed by atoms with Gasteiger partial charge in [-0.15, -0.1) is 11.8 Å². The molecule has 5 aliphatic carbocycles. The topological polar surface area (TPSA) is 108 Å². The maximum Gasteiger partial charge on any atom is 0.224 e. The highest BCUT2D eigenvalue weighted by atomic mass is 32.2. The summed E-state index contributed by atoms with van der Waals surface area (Å²) in [6.07, 6.45) is 17.4. The number of aromatic nitrogens is 3. The summed E-state index contributed by atoms with van der Waals surface area (Å²) in [5, 5.41) is 22.3. The largest absolute Gasteiger partial charge is 0.417 e. The molecule has 7 rings (SSSR count). The Morgan fingerprint density at radius 1 is 1.04 bits per heavy atom. The number of nitriles is 1. The first-order valence-electron chi connectivity index (χ1n) is 18.1. The van der Waals surface area contributed by atoms with Crippen LogP contribution < -0.4 is 16.0 Å². The highest BCUT2D eigenvalue weighted by Gasteiger charge is 2.55. The van der Waals surface area contributed by atoms with Crippen molar-refractivity contribution >= 4 is 31.8 Å². The number of thioether (sulfide) groups is 1. The normalized spacial score (nSPS) is 30.2. The SMILES string of the molecule is CSc1ncccc1CNc1ncc(C#N)c(NC[C@]23CC4C[C@H](C2)[C@@H](NC[C@H]2CC[C@H](CO[Si](C)(C)C(C)(C)C)CC2)[C@@H](C4)C3)n1. The van der Waals surface area contributed by atoms with Crippen LogP contribution in [0, 0.1) is 46.3 Å². The summed E-state index contributed by atoms with van der Waals surface area (Å²) in [5.74, 6) is 5.10. The van der Waals surface area contributed by atoms with Crippen molar-refractivity contribution in [3.05, 3.63) is 35.7 Å². The van der Waals surface area contributed by atoms with Crippen LogP contribution in [0.2, 0.25) is 18.1 Å². The van der Waals surface area contributed by atoms with Crippen molar-refractivity contribution in [1.29, 1.82) is 5.26 Å². The lowest BCUT2D eigenvalue weighted by Gasteiger charge is -2.60. The van der Waals surface area contributed by atoms with E-state index >= 15 is 0 Å². The molecule has 0 amide bonds. The van der Waals surface area contributed by atoms with E-state index in [0.717, 1.165) is 53.3 Å². The van der Waals surface area contributed by atoms with Gasteiger partial charge in [0.25, 0.3) is 0 Å². The first-order chi connectivity index (χ1) is 22.5. The second-order valence-corrected chi connectivity index (χ2v) is 22.4. The predicted octanol–water partition coefficient (Wildman–Crippen LogP) is 8.10. The zero-order valence-electron chi connectivity index (χ0n) is 29.6. The third kappa shape index (κ3) is 8.00. The summed E-state index contributed by atoms with van der Waals surface area (Å²) < 4.78 is 6.59. The monoisotopic (exact) mass is 675 g/mol. The van der Waals surface area contributed by atoms with E-state index in [0.29, 0.717) is 35.3 Å². The molecule has 0 spiro atoms. The van der Waals surface area contributed by atoms with Crippen LogP contribution in [0.25, 0.3) is 0 Å². The molecule has 1 unspecified atom stereocenters. The van der Waals surface area contributed by atoms with E-state index in [1.165, 1.54) is 64.3 Å². The molecule has 0 radical (unpaired) electrons. The van der Waals surface area contributed by atoms with Crippen molar-refractivity contribution in [2.24, 2.45) is 35.0 Å². The van der Waals surface area contributed by atoms with Gasteiger partial charge < -0.3 is 20.4 Å². The Labute approximate surface area is 288 Å². The van der Waals surface area contributed by atoms with Gasteiger partial charge in [-0.3, -0.25) is 0 Å². The fourth-order valence-corrected chi connectivity index (χ4v) is 10.7. The summed E-state index contributed by atoms with van der Waals surface area (Å²) in [6, 6.07) is 7.00. The fourth-order valence-electron chi connectivity index (χ4n) is 9.06. The van der Waals surface area contributed by atoms with Crippen molar-refractivity contribution in [2.75, 3.05) is 36.6 Å². The molecule has 4 bridgehead atoms. The van der Waals surface area contributed by atoms with Gasteiger partial charge >= 0.3 is 0 Å². The first-order valence-corrected chi connectivity index (χ1v) is 22.2. The van der Waals surface area contributed by atoms with Gasteiger partial charge in [-0.2, -0.15) is 10.2 Å². The number of hydrogen-bond donors (Lipinski definition) is 3. The molecule has 0 aromatic carbocycles. The number of nitrogens with zero attached hydrogens (tertiary/aromatic N) is 4. The maximum absolute atomic E-state index is 9.84. The quantitative estimate of drug-likeness (QED) is 0.143. The Balaban J connectivity index is 0.995. The van der Waals surface area contributed by atoms with Crippen LogP contribution in [-0.2, 0) is 11.0 Å². The Kier molecular flexibility index (Phi) is 10.6. The zero-order valence-corrected chi connectivity index (χ0v) is 31.4. The average Bonchev–Trinajstić information content (AvgIpc) is 3.05. The lowest BCUT2D eigenvalue weighted by atomic mass is 9.48. The number of anilines is 2. The smallest absolute Gasteiger partial charge is 0.224 e. The van der Waals surface area contributed by atoms with Crippen molar-refractivity contribution in [3.8, 4) is 6.07 Å². The molecule has 3 N–H and O–H groups in total. The third-order valence-corrected chi connectivity index (χ3v) is 17.8. The van der Waals surface area contributed by atoms with Crippen LogP contribution >= 0.6 is 11.8 Å². The molecular weight excluding hydrogens is 619 g/mol. The Morgan fingerprint density at radius 3 is 2.45 bits per heavy atom. The third-order valence-electron chi connectivity index (χ3n) is 12.5. The summed E-state index contributed by atoms with van der Waals surface area (Å²) >= 11 is 1.63. The molecule has 2 aromatic rings. The summed E-state index contributed by atoms with van der Waals surface area (Å²) in [5.41, 5.74) is 1.91. The van der Waals surface area contributed by atoms with Crippen LogP contribution in [0.4, 0.5) is 11.8 Å². The molecular formula is C37H57N7OSSi. The number of rotatable bonds is 13. The fraction of sp³-hybridized carbons (Fsp3) is 0.730. The lowest BCUT2D eigenvalue weighted by molar-refractivity contribution is -0.0703. The minimum absolute atomic E-state index is 0.289. The van der Waals surface area contributed by atoms with Gasteiger partial charge in [0.2, 0.25) is 5.95 Å². The highest BCUT2D eigenvalue weighted by Crippen LogP contribution is 2.60.